The number of nitro groups is 1. The highest BCUT2D eigenvalue weighted by Gasteiger charge is 2.10. The molecule has 0 aliphatic heterocycles. The lowest BCUT2D eigenvalue weighted by Crippen LogP contribution is -1.98. The number of benzene rings is 2. The minimum atomic E-state index is -0.447. The van der Waals surface area contributed by atoms with Crippen LogP contribution in [0.1, 0.15) is 11.1 Å². The molecular weight excluding hydrogens is 258 g/mol. The van der Waals surface area contributed by atoms with Gasteiger partial charge in [-0.25, -0.2) is 0 Å². The summed E-state index contributed by atoms with van der Waals surface area (Å²) >= 11 is 0. The van der Waals surface area contributed by atoms with Crippen molar-refractivity contribution in [3.05, 3.63) is 63.7 Å². The van der Waals surface area contributed by atoms with Gasteiger partial charge in [0.25, 0.3) is 5.69 Å². The van der Waals surface area contributed by atoms with Gasteiger partial charge in [-0.15, -0.1) is 0 Å². The van der Waals surface area contributed by atoms with E-state index in [1.54, 1.807) is 6.07 Å². The average Bonchev–Trinajstić information content (AvgIpc) is 2.46. The molecule has 0 spiro atoms. The van der Waals surface area contributed by atoms with E-state index in [9.17, 15) is 10.1 Å². The third-order valence-corrected chi connectivity index (χ3v) is 2.82. The van der Waals surface area contributed by atoms with Crippen LogP contribution >= 0.6 is 0 Å². The SMILES string of the molecule is COc1cc(COc2ccc(C)cc2)cc([N+](=O)[O-])c1. The van der Waals surface area contributed by atoms with E-state index in [0.717, 1.165) is 11.3 Å². The molecule has 0 aliphatic carbocycles. The summed E-state index contributed by atoms with van der Waals surface area (Å²) in [7, 11) is 1.48. The molecule has 20 heavy (non-hydrogen) atoms. The van der Waals surface area contributed by atoms with E-state index in [0.29, 0.717) is 11.3 Å². The zero-order chi connectivity index (χ0) is 14.5. The molecule has 104 valence electrons. The van der Waals surface area contributed by atoms with Crippen LogP contribution in [0, 0.1) is 17.0 Å². The molecule has 5 heteroatoms. The van der Waals surface area contributed by atoms with Crippen LogP contribution in [-0.4, -0.2) is 12.0 Å². The van der Waals surface area contributed by atoms with E-state index in [-0.39, 0.29) is 12.3 Å². The third-order valence-electron chi connectivity index (χ3n) is 2.82. The summed E-state index contributed by atoms with van der Waals surface area (Å²) < 4.78 is 10.7. The Morgan fingerprint density at radius 2 is 1.80 bits per heavy atom. The van der Waals surface area contributed by atoms with E-state index in [4.69, 9.17) is 9.47 Å². The van der Waals surface area contributed by atoms with Crippen LogP contribution < -0.4 is 9.47 Å². The molecule has 0 unspecified atom stereocenters. The first-order chi connectivity index (χ1) is 9.58. The normalized spacial score (nSPS) is 10.1. The van der Waals surface area contributed by atoms with Crippen molar-refractivity contribution >= 4 is 5.69 Å². The van der Waals surface area contributed by atoms with Gasteiger partial charge in [0.15, 0.2) is 0 Å². The maximum atomic E-state index is 10.8. The Kier molecular flexibility index (Phi) is 4.20. The molecule has 2 aromatic carbocycles. The van der Waals surface area contributed by atoms with E-state index < -0.39 is 4.92 Å². The number of non-ortho nitro benzene ring substituents is 1. The van der Waals surface area contributed by atoms with Crippen LogP contribution in [0.5, 0.6) is 11.5 Å². The minimum Gasteiger partial charge on any atom is -0.496 e. The van der Waals surface area contributed by atoms with Crippen molar-refractivity contribution in [2.75, 3.05) is 7.11 Å². The molecule has 0 amide bonds. The number of nitrogens with zero attached hydrogens (tertiary/aromatic N) is 1. The molecule has 0 radical (unpaired) electrons. The Labute approximate surface area is 116 Å². The molecule has 0 bridgehead atoms. The maximum Gasteiger partial charge on any atom is 0.273 e. The van der Waals surface area contributed by atoms with Crippen molar-refractivity contribution in [1.29, 1.82) is 0 Å². The van der Waals surface area contributed by atoms with Crippen molar-refractivity contribution in [3.63, 3.8) is 0 Å². The summed E-state index contributed by atoms with van der Waals surface area (Å²) in [5.41, 5.74) is 1.83. The van der Waals surface area contributed by atoms with Gasteiger partial charge in [-0.3, -0.25) is 10.1 Å². The standard InChI is InChI=1S/C15H15NO4/c1-11-3-5-14(6-4-11)20-10-12-7-13(16(17)18)9-15(8-12)19-2/h3-9H,10H2,1-2H3. The van der Waals surface area contributed by atoms with E-state index in [1.807, 2.05) is 31.2 Å². The number of rotatable bonds is 5. The number of hydrogen-bond acceptors (Lipinski definition) is 4. The molecule has 0 aliphatic rings. The second-order valence-corrected chi connectivity index (χ2v) is 4.40. The molecule has 0 heterocycles. The van der Waals surface area contributed by atoms with Gasteiger partial charge in [0.05, 0.1) is 18.1 Å². The number of hydrogen-bond donors (Lipinski definition) is 0. The molecule has 0 atom stereocenters. The van der Waals surface area contributed by atoms with Crippen molar-refractivity contribution in [3.8, 4) is 11.5 Å². The number of aryl methyl sites for hydroxylation is 1. The highest BCUT2D eigenvalue weighted by Crippen LogP contribution is 2.23. The number of methoxy groups -OCH3 is 1. The van der Waals surface area contributed by atoms with Gasteiger partial charge in [0, 0.05) is 6.07 Å². The Morgan fingerprint density at radius 3 is 2.40 bits per heavy atom. The molecule has 0 fully saturated rings. The fraction of sp³-hybridized carbons (Fsp3) is 0.200. The smallest absolute Gasteiger partial charge is 0.273 e. The van der Waals surface area contributed by atoms with Crippen molar-refractivity contribution in [2.45, 2.75) is 13.5 Å². The Morgan fingerprint density at radius 1 is 1.10 bits per heavy atom. The van der Waals surface area contributed by atoms with Gasteiger partial charge in [-0.2, -0.15) is 0 Å². The van der Waals surface area contributed by atoms with Crippen LogP contribution in [0.15, 0.2) is 42.5 Å². The van der Waals surface area contributed by atoms with Gasteiger partial charge in [-0.1, -0.05) is 17.7 Å². The van der Waals surface area contributed by atoms with E-state index in [1.165, 1.54) is 19.2 Å². The first-order valence-electron chi connectivity index (χ1n) is 6.10. The van der Waals surface area contributed by atoms with Crippen molar-refractivity contribution in [1.82, 2.24) is 0 Å². The lowest BCUT2D eigenvalue weighted by molar-refractivity contribution is -0.385. The Bertz CT molecular complexity index is 608. The lowest BCUT2D eigenvalue weighted by atomic mass is 10.2. The van der Waals surface area contributed by atoms with Gasteiger partial charge in [0.2, 0.25) is 0 Å². The summed E-state index contributed by atoms with van der Waals surface area (Å²) in [5.74, 6) is 1.17. The highest BCUT2D eigenvalue weighted by molar-refractivity contribution is 5.42. The minimum absolute atomic E-state index is 0.00754. The molecular formula is C15H15NO4. The monoisotopic (exact) mass is 273 g/mol. The number of ether oxygens (including phenoxy) is 2. The molecule has 5 nitrogen and oxygen atoms in total. The molecule has 0 aromatic heterocycles. The molecule has 0 saturated carbocycles. The average molecular weight is 273 g/mol. The second kappa shape index (κ2) is 6.06. The van der Waals surface area contributed by atoms with Crippen molar-refractivity contribution in [2.24, 2.45) is 0 Å². The highest BCUT2D eigenvalue weighted by atomic mass is 16.6. The summed E-state index contributed by atoms with van der Waals surface area (Å²) in [6, 6.07) is 12.2. The van der Waals surface area contributed by atoms with Crippen LogP contribution in [0.4, 0.5) is 5.69 Å². The zero-order valence-corrected chi connectivity index (χ0v) is 11.3. The van der Waals surface area contributed by atoms with Gasteiger partial charge in [-0.05, 0) is 30.7 Å². The maximum absolute atomic E-state index is 10.8. The van der Waals surface area contributed by atoms with Crippen LogP contribution in [0.2, 0.25) is 0 Å². The largest absolute Gasteiger partial charge is 0.496 e. The van der Waals surface area contributed by atoms with Crippen molar-refractivity contribution < 1.29 is 14.4 Å². The summed E-state index contributed by atoms with van der Waals surface area (Å²) in [5, 5.41) is 10.8. The van der Waals surface area contributed by atoms with Gasteiger partial charge >= 0.3 is 0 Å². The first-order valence-corrected chi connectivity index (χ1v) is 6.10. The van der Waals surface area contributed by atoms with Crippen LogP contribution in [0.3, 0.4) is 0 Å². The lowest BCUT2D eigenvalue weighted by Gasteiger charge is -2.08. The summed E-state index contributed by atoms with van der Waals surface area (Å²) in [6.07, 6.45) is 0. The van der Waals surface area contributed by atoms with E-state index in [2.05, 4.69) is 0 Å². The first kappa shape index (κ1) is 13.9. The fourth-order valence-corrected chi connectivity index (χ4v) is 1.75. The predicted octanol–water partition coefficient (Wildman–Crippen LogP) is 3.49. The molecule has 2 rings (SSSR count). The fourth-order valence-electron chi connectivity index (χ4n) is 1.75. The van der Waals surface area contributed by atoms with Gasteiger partial charge < -0.3 is 9.47 Å². The molecule has 0 saturated heterocycles. The van der Waals surface area contributed by atoms with Crippen LogP contribution in [-0.2, 0) is 6.61 Å². The molecule has 0 N–H and O–H groups in total. The Balaban J connectivity index is 2.14. The van der Waals surface area contributed by atoms with Gasteiger partial charge in [0.1, 0.15) is 18.1 Å². The van der Waals surface area contributed by atoms with Crippen LogP contribution in [0.25, 0.3) is 0 Å². The second-order valence-electron chi connectivity index (χ2n) is 4.40. The van der Waals surface area contributed by atoms with E-state index >= 15 is 0 Å². The Hall–Kier alpha value is -2.56. The topological polar surface area (TPSA) is 61.6 Å². The summed E-state index contributed by atoms with van der Waals surface area (Å²) in [4.78, 5) is 10.4. The molecule has 2 aromatic rings. The third kappa shape index (κ3) is 3.47. The predicted molar refractivity (Wildman–Crippen MR) is 75.2 cm³/mol. The zero-order valence-electron chi connectivity index (χ0n) is 11.3. The summed E-state index contributed by atoms with van der Waals surface area (Å²) in [6.45, 7) is 2.25. The quantitative estimate of drug-likeness (QED) is 0.618. The number of nitro benzene ring substituents is 1.